The van der Waals surface area contributed by atoms with Crippen molar-refractivity contribution in [3.8, 4) is 0 Å². The molecule has 3 nitrogen and oxygen atoms in total. The predicted molar refractivity (Wildman–Crippen MR) is 42.1 cm³/mol. The number of carbonyl (C=O) groups is 1. The van der Waals surface area contributed by atoms with Gasteiger partial charge in [-0.3, -0.25) is 4.79 Å². The SMILES string of the molecule is N[C@@H](CC1CC=CC1)C(=O)O. The van der Waals surface area contributed by atoms with Crippen LogP contribution >= 0.6 is 0 Å². The van der Waals surface area contributed by atoms with Gasteiger partial charge in [0.15, 0.2) is 0 Å². The monoisotopic (exact) mass is 155 g/mol. The molecule has 0 unspecified atom stereocenters. The summed E-state index contributed by atoms with van der Waals surface area (Å²) in [6, 6.07) is -0.681. The maximum absolute atomic E-state index is 10.3. The summed E-state index contributed by atoms with van der Waals surface area (Å²) >= 11 is 0. The molecule has 0 saturated carbocycles. The van der Waals surface area contributed by atoms with Crippen molar-refractivity contribution in [2.75, 3.05) is 0 Å². The third kappa shape index (κ3) is 2.35. The first kappa shape index (κ1) is 8.27. The van der Waals surface area contributed by atoms with Crippen molar-refractivity contribution < 1.29 is 9.90 Å². The summed E-state index contributed by atoms with van der Waals surface area (Å²) in [4.78, 5) is 10.3. The van der Waals surface area contributed by atoms with Crippen molar-refractivity contribution in [3.05, 3.63) is 12.2 Å². The fourth-order valence-corrected chi connectivity index (χ4v) is 1.33. The Morgan fingerprint density at radius 1 is 1.64 bits per heavy atom. The van der Waals surface area contributed by atoms with E-state index in [4.69, 9.17) is 10.8 Å². The number of hydrogen-bond acceptors (Lipinski definition) is 2. The summed E-state index contributed by atoms with van der Waals surface area (Å²) in [6.45, 7) is 0. The molecule has 1 aliphatic rings. The Bertz CT molecular complexity index is 169. The van der Waals surface area contributed by atoms with E-state index < -0.39 is 12.0 Å². The second-order valence-electron chi connectivity index (χ2n) is 2.99. The highest BCUT2D eigenvalue weighted by Crippen LogP contribution is 2.21. The van der Waals surface area contributed by atoms with Crippen LogP contribution in [0.25, 0.3) is 0 Å². The van der Waals surface area contributed by atoms with Gasteiger partial charge >= 0.3 is 5.97 Å². The van der Waals surface area contributed by atoms with E-state index in [1.807, 2.05) is 0 Å². The topological polar surface area (TPSA) is 63.3 Å². The minimum absolute atomic E-state index is 0.459. The smallest absolute Gasteiger partial charge is 0.320 e. The molecular weight excluding hydrogens is 142 g/mol. The molecule has 1 aliphatic carbocycles. The maximum Gasteiger partial charge on any atom is 0.320 e. The van der Waals surface area contributed by atoms with Crippen LogP contribution in [0.4, 0.5) is 0 Å². The molecule has 62 valence electrons. The number of allylic oxidation sites excluding steroid dienone is 2. The van der Waals surface area contributed by atoms with Crippen molar-refractivity contribution in [1.29, 1.82) is 0 Å². The summed E-state index contributed by atoms with van der Waals surface area (Å²) in [7, 11) is 0. The molecule has 0 spiro atoms. The zero-order valence-electron chi connectivity index (χ0n) is 6.36. The largest absolute Gasteiger partial charge is 0.480 e. The van der Waals surface area contributed by atoms with Gasteiger partial charge in [0.2, 0.25) is 0 Å². The second-order valence-corrected chi connectivity index (χ2v) is 2.99. The number of rotatable bonds is 3. The Labute approximate surface area is 65.9 Å². The van der Waals surface area contributed by atoms with Crippen LogP contribution in [0.2, 0.25) is 0 Å². The number of carboxylic acid groups (broad SMARTS) is 1. The van der Waals surface area contributed by atoms with Crippen LogP contribution in [-0.2, 0) is 4.79 Å². The minimum atomic E-state index is -0.892. The van der Waals surface area contributed by atoms with E-state index >= 15 is 0 Å². The van der Waals surface area contributed by atoms with Crippen LogP contribution in [0.1, 0.15) is 19.3 Å². The van der Waals surface area contributed by atoms with Crippen LogP contribution in [0, 0.1) is 5.92 Å². The highest BCUT2D eigenvalue weighted by molar-refractivity contribution is 5.73. The van der Waals surface area contributed by atoms with E-state index in [0.29, 0.717) is 12.3 Å². The summed E-state index contributed by atoms with van der Waals surface area (Å²) < 4.78 is 0. The van der Waals surface area contributed by atoms with Crippen LogP contribution in [0.5, 0.6) is 0 Å². The van der Waals surface area contributed by atoms with Gasteiger partial charge in [-0.25, -0.2) is 0 Å². The van der Waals surface area contributed by atoms with Gasteiger partial charge in [-0.15, -0.1) is 0 Å². The lowest BCUT2D eigenvalue weighted by molar-refractivity contribution is -0.138. The summed E-state index contributed by atoms with van der Waals surface area (Å²) in [5, 5.41) is 8.50. The number of nitrogens with two attached hydrogens (primary N) is 1. The maximum atomic E-state index is 10.3. The third-order valence-electron chi connectivity index (χ3n) is 2.01. The van der Waals surface area contributed by atoms with E-state index in [2.05, 4.69) is 12.2 Å². The number of aliphatic carboxylic acids is 1. The fraction of sp³-hybridized carbons (Fsp3) is 0.625. The van der Waals surface area contributed by atoms with Crippen molar-refractivity contribution in [2.24, 2.45) is 11.7 Å². The Kier molecular flexibility index (Phi) is 2.65. The van der Waals surface area contributed by atoms with Crippen molar-refractivity contribution >= 4 is 5.97 Å². The molecule has 0 aliphatic heterocycles. The molecule has 11 heavy (non-hydrogen) atoms. The standard InChI is InChI=1S/C8H13NO2/c9-7(8(10)11)5-6-3-1-2-4-6/h1-2,6-7H,3-5,9H2,(H,10,11)/t7-/m0/s1. The zero-order chi connectivity index (χ0) is 8.27. The highest BCUT2D eigenvalue weighted by Gasteiger charge is 2.18. The Hall–Kier alpha value is -0.830. The summed E-state index contributed by atoms with van der Waals surface area (Å²) in [5.41, 5.74) is 5.37. The molecule has 0 bridgehead atoms. The Balaban J connectivity index is 2.25. The second kappa shape index (κ2) is 3.53. The predicted octanol–water partition coefficient (Wildman–Crippen LogP) is 0.755. The van der Waals surface area contributed by atoms with Gasteiger partial charge in [0.25, 0.3) is 0 Å². The van der Waals surface area contributed by atoms with E-state index in [-0.39, 0.29) is 0 Å². The van der Waals surface area contributed by atoms with Gasteiger partial charge in [0, 0.05) is 0 Å². The molecule has 3 heteroatoms. The molecule has 1 rings (SSSR count). The average Bonchev–Trinajstić information content (AvgIpc) is 2.39. The number of carboxylic acids is 1. The third-order valence-corrected chi connectivity index (χ3v) is 2.01. The number of hydrogen-bond donors (Lipinski definition) is 2. The van der Waals surface area contributed by atoms with Crippen LogP contribution in [0.3, 0.4) is 0 Å². The van der Waals surface area contributed by atoms with Gasteiger partial charge in [-0.1, -0.05) is 12.2 Å². The van der Waals surface area contributed by atoms with Crippen molar-refractivity contribution in [3.63, 3.8) is 0 Å². The fourth-order valence-electron chi connectivity index (χ4n) is 1.33. The quantitative estimate of drug-likeness (QED) is 0.591. The van der Waals surface area contributed by atoms with Crippen LogP contribution in [-0.4, -0.2) is 17.1 Å². The molecule has 0 amide bonds. The molecular formula is C8H13NO2. The lowest BCUT2D eigenvalue weighted by atomic mass is 9.98. The van der Waals surface area contributed by atoms with Gasteiger partial charge in [-0.05, 0) is 25.2 Å². The van der Waals surface area contributed by atoms with Gasteiger partial charge in [0.05, 0.1) is 0 Å². The Morgan fingerprint density at radius 3 is 2.64 bits per heavy atom. The summed E-state index contributed by atoms with van der Waals surface area (Å²) in [6.07, 6.45) is 6.74. The molecule has 0 saturated heterocycles. The first-order valence-electron chi connectivity index (χ1n) is 3.83. The van der Waals surface area contributed by atoms with Gasteiger partial charge in [0.1, 0.15) is 6.04 Å². The summed E-state index contributed by atoms with van der Waals surface area (Å²) in [5.74, 6) is -0.432. The lowest BCUT2D eigenvalue weighted by Gasteiger charge is -2.11. The van der Waals surface area contributed by atoms with Gasteiger partial charge in [-0.2, -0.15) is 0 Å². The van der Waals surface area contributed by atoms with E-state index in [9.17, 15) is 4.79 Å². The van der Waals surface area contributed by atoms with E-state index in [0.717, 1.165) is 12.8 Å². The lowest BCUT2D eigenvalue weighted by Crippen LogP contribution is -2.31. The molecule has 0 aromatic rings. The molecule has 0 radical (unpaired) electrons. The van der Waals surface area contributed by atoms with Crippen molar-refractivity contribution in [2.45, 2.75) is 25.3 Å². The normalized spacial score (nSPS) is 20.5. The van der Waals surface area contributed by atoms with Crippen LogP contribution < -0.4 is 5.73 Å². The average molecular weight is 155 g/mol. The molecule has 0 aromatic carbocycles. The molecule has 1 atom stereocenters. The molecule has 0 aromatic heterocycles. The minimum Gasteiger partial charge on any atom is -0.480 e. The Morgan fingerprint density at radius 2 is 2.18 bits per heavy atom. The molecule has 0 heterocycles. The first-order chi connectivity index (χ1) is 5.20. The van der Waals surface area contributed by atoms with Crippen molar-refractivity contribution in [1.82, 2.24) is 0 Å². The molecule has 3 N–H and O–H groups in total. The molecule has 0 fully saturated rings. The van der Waals surface area contributed by atoms with Gasteiger partial charge < -0.3 is 10.8 Å². The van der Waals surface area contributed by atoms with Crippen LogP contribution in [0.15, 0.2) is 12.2 Å². The zero-order valence-corrected chi connectivity index (χ0v) is 6.36. The van der Waals surface area contributed by atoms with E-state index in [1.165, 1.54) is 0 Å². The highest BCUT2D eigenvalue weighted by atomic mass is 16.4. The first-order valence-corrected chi connectivity index (χ1v) is 3.83. The van der Waals surface area contributed by atoms with E-state index in [1.54, 1.807) is 0 Å².